The number of rotatable bonds is 6. The van der Waals surface area contributed by atoms with Gasteiger partial charge in [-0.3, -0.25) is 9.52 Å². The van der Waals surface area contributed by atoms with Gasteiger partial charge < -0.3 is 4.57 Å². The van der Waals surface area contributed by atoms with Crippen molar-refractivity contribution in [2.24, 2.45) is 7.05 Å². The van der Waals surface area contributed by atoms with Crippen molar-refractivity contribution in [1.29, 1.82) is 0 Å². The number of nitrogens with one attached hydrogen (secondary N) is 1. The SMILES string of the molecule is C=CS(=O)(=O)Nc1ccc(Cc2ccc(Cl)c(F)c2)c(-c2cn(C)c(=O)c3ccccc23)c1. The summed E-state index contributed by atoms with van der Waals surface area (Å²) in [6, 6.07) is 17.0. The van der Waals surface area contributed by atoms with Crippen molar-refractivity contribution in [3.63, 3.8) is 0 Å². The van der Waals surface area contributed by atoms with Gasteiger partial charge in [0.15, 0.2) is 0 Å². The Kier molecular flexibility index (Phi) is 6.10. The van der Waals surface area contributed by atoms with E-state index < -0.39 is 15.8 Å². The van der Waals surface area contributed by atoms with E-state index in [0.717, 1.165) is 21.9 Å². The molecule has 4 aromatic rings. The highest BCUT2D eigenvalue weighted by atomic mass is 35.5. The molecule has 0 aliphatic rings. The average Bonchev–Trinajstić information content (AvgIpc) is 2.79. The van der Waals surface area contributed by atoms with Gasteiger partial charge in [0.25, 0.3) is 15.6 Å². The zero-order valence-corrected chi connectivity index (χ0v) is 19.3. The van der Waals surface area contributed by atoms with Crippen LogP contribution in [0.2, 0.25) is 5.02 Å². The van der Waals surface area contributed by atoms with Crippen molar-refractivity contribution < 1.29 is 12.8 Å². The number of fused-ring (bicyclic) bond motifs is 1. The van der Waals surface area contributed by atoms with Crippen LogP contribution in [0.25, 0.3) is 21.9 Å². The highest BCUT2D eigenvalue weighted by molar-refractivity contribution is 7.95. The quantitative estimate of drug-likeness (QED) is 0.396. The van der Waals surface area contributed by atoms with Crippen LogP contribution in [0.5, 0.6) is 0 Å². The summed E-state index contributed by atoms with van der Waals surface area (Å²) < 4.78 is 42.1. The number of halogens is 2. The minimum absolute atomic E-state index is 0.0391. The highest BCUT2D eigenvalue weighted by Gasteiger charge is 2.15. The third-order valence-electron chi connectivity index (χ3n) is 5.35. The lowest BCUT2D eigenvalue weighted by molar-refractivity contribution is 0.609. The number of pyridine rings is 1. The van der Waals surface area contributed by atoms with Gasteiger partial charge in [-0.25, -0.2) is 12.8 Å². The number of aromatic nitrogens is 1. The number of hydrogen-bond donors (Lipinski definition) is 1. The standard InChI is InChI=1S/C25H20ClFN2O3S/c1-3-33(31,32)28-18-10-9-17(12-16-8-11-23(26)24(27)13-16)21(14-18)22-15-29(2)25(30)20-7-5-4-6-19(20)22/h3-11,13-15,28H,1,12H2,2H3. The van der Waals surface area contributed by atoms with Crippen molar-refractivity contribution in [2.75, 3.05) is 4.72 Å². The number of aryl methyl sites for hydroxylation is 1. The molecule has 1 heterocycles. The fourth-order valence-electron chi connectivity index (χ4n) is 3.75. The minimum atomic E-state index is -3.72. The molecular formula is C25H20ClFN2O3S. The molecule has 0 atom stereocenters. The van der Waals surface area contributed by atoms with Gasteiger partial charge in [0.05, 0.1) is 5.02 Å². The zero-order valence-electron chi connectivity index (χ0n) is 17.7. The molecule has 0 bridgehead atoms. The zero-order chi connectivity index (χ0) is 23.8. The van der Waals surface area contributed by atoms with Gasteiger partial charge >= 0.3 is 0 Å². The molecule has 4 rings (SSSR count). The van der Waals surface area contributed by atoms with E-state index in [0.29, 0.717) is 28.6 Å². The number of hydrogen-bond acceptors (Lipinski definition) is 3. The molecule has 0 spiro atoms. The molecule has 168 valence electrons. The first-order chi connectivity index (χ1) is 15.7. The van der Waals surface area contributed by atoms with Crippen LogP contribution in [0, 0.1) is 5.82 Å². The van der Waals surface area contributed by atoms with Crippen LogP contribution in [0.15, 0.2) is 83.6 Å². The largest absolute Gasteiger partial charge is 0.317 e. The first-order valence-electron chi connectivity index (χ1n) is 9.99. The number of nitrogens with zero attached hydrogens (tertiary/aromatic N) is 1. The molecule has 33 heavy (non-hydrogen) atoms. The maximum Gasteiger partial charge on any atom is 0.258 e. The van der Waals surface area contributed by atoms with E-state index in [1.165, 1.54) is 16.7 Å². The van der Waals surface area contributed by atoms with Gasteiger partial charge in [-0.2, -0.15) is 0 Å². The molecule has 3 aromatic carbocycles. The first-order valence-corrected chi connectivity index (χ1v) is 11.9. The lowest BCUT2D eigenvalue weighted by atomic mass is 9.92. The Bertz CT molecular complexity index is 1560. The van der Waals surface area contributed by atoms with Crippen LogP contribution in [0.1, 0.15) is 11.1 Å². The molecular weight excluding hydrogens is 463 g/mol. The van der Waals surface area contributed by atoms with E-state index >= 15 is 0 Å². The third-order valence-corrected chi connectivity index (χ3v) is 6.61. The maximum absolute atomic E-state index is 14.0. The number of sulfonamides is 1. The smallest absolute Gasteiger partial charge is 0.258 e. The van der Waals surface area contributed by atoms with E-state index in [-0.39, 0.29) is 10.6 Å². The van der Waals surface area contributed by atoms with Gasteiger partial charge in [0.2, 0.25) is 0 Å². The van der Waals surface area contributed by atoms with E-state index in [4.69, 9.17) is 11.6 Å². The molecule has 8 heteroatoms. The van der Waals surface area contributed by atoms with Gasteiger partial charge in [0.1, 0.15) is 5.82 Å². The molecule has 0 radical (unpaired) electrons. The molecule has 0 saturated heterocycles. The molecule has 1 N–H and O–H groups in total. The summed E-state index contributed by atoms with van der Waals surface area (Å²) in [5.41, 5.74) is 3.18. The second kappa shape index (κ2) is 8.84. The molecule has 0 amide bonds. The predicted molar refractivity (Wildman–Crippen MR) is 132 cm³/mol. The Morgan fingerprint density at radius 3 is 2.48 bits per heavy atom. The van der Waals surface area contributed by atoms with Gasteiger partial charge in [-0.05, 0) is 58.8 Å². The summed E-state index contributed by atoms with van der Waals surface area (Å²) in [7, 11) is -2.05. The minimum Gasteiger partial charge on any atom is -0.317 e. The summed E-state index contributed by atoms with van der Waals surface area (Å²) in [6.07, 6.45) is 2.09. The summed E-state index contributed by atoms with van der Waals surface area (Å²) in [6.45, 7) is 3.33. The summed E-state index contributed by atoms with van der Waals surface area (Å²) in [5, 5.41) is 2.14. The first kappa shape index (κ1) is 22.8. The maximum atomic E-state index is 14.0. The topological polar surface area (TPSA) is 68.2 Å². The lowest BCUT2D eigenvalue weighted by Crippen LogP contribution is -2.16. The summed E-state index contributed by atoms with van der Waals surface area (Å²) in [5.74, 6) is -0.515. The monoisotopic (exact) mass is 482 g/mol. The van der Waals surface area contributed by atoms with Gasteiger partial charge in [-0.1, -0.05) is 48.5 Å². The summed E-state index contributed by atoms with van der Waals surface area (Å²) >= 11 is 5.82. The highest BCUT2D eigenvalue weighted by Crippen LogP contribution is 2.33. The van der Waals surface area contributed by atoms with Crippen LogP contribution in [0.4, 0.5) is 10.1 Å². The molecule has 0 saturated carbocycles. The average molecular weight is 483 g/mol. The Morgan fingerprint density at radius 2 is 1.79 bits per heavy atom. The predicted octanol–water partition coefficient (Wildman–Crippen LogP) is 5.47. The van der Waals surface area contributed by atoms with Gasteiger partial charge in [0, 0.05) is 35.3 Å². The van der Waals surface area contributed by atoms with Crippen molar-refractivity contribution in [1.82, 2.24) is 4.57 Å². The normalized spacial score (nSPS) is 11.5. The Labute approximate surface area is 195 Å². The van der Waals surface area contributed by atoms with Crippen LogP contribution < -0.4 is 10.3 Å². The molecule has 0 fully saturated rings. The van der Waals surface area contributed by atoms with Crippen molar-refractivity contribution in [2.45, 2.75) is 6.42 Å². The Hall–Kier alpha value is -3.42. The summed E-state index contributed by atoms with van der Waals surface area (Å²) in [4.78, 5) is 12.7. The van der Waals surface area contributed by atoms with Crippen LogP contribution in [0.3, 0.4) is 0 Å². The van der Waals surface area contributed by atoms with Crippen molar-refractivity contribution in [3.8, 4) is 11.1 Å². The Morgan fingerprint density at radius 1 is 1.06 bits per heavy atom. The number of benzene rings is 3. The van der Waals surface area contributed by atoms with Crippen molar-refractivity contribution in [3.05, 3.63) is 111 Å². The molecule has 0 unspecified atom stereocenters. The fourth-order valence-corrected chi connectivity index (χ4v) is 4.41. The molecule has 0 aliphatic heterocycles. The van der Waals surface area contributed by atoms with Crippen molar-refractivity contribution >= 4 is 38.1 Å². The molecule has 5 nitrogen and oxygen atoms in total. The van der Waals surface area contributed by atoms with E-state index in [1.807, 2.05) is 12.1 Å². The third kappa shape index (κ3) is 4.69. The van der Waals surface area contributed by atoms with Gasteiger partial charge in [-0.15, -0.1) is 0 Å². The van der Waals surface area contributed by atoms with Crippen LogP contribution >= 0.6 is 11.6 Å². The van der Waals surface area contributed by atoms with Crippen LogP contribution in [-0.4, -0.2) is 13.0 Å². The van der Waals surface area contributed by atoms with E-state index in [2.05, 4.69) is 11.3 Å². The van der Waals surface area contributed by atoms with E-state index in [9.17, 15) is 17.6 Å². The van der Waals surface area contributed by atoms with Crippen LogP contribution in [-0.2, 0) is 23.5 Å². The molecule has 0 aliphatic carbocycles. The number of anilines is 1. The second-order valence-corrected chi connectivity index (χ2v) is 9.65. The van der Waals surface area contributed by atoms with E-state index in [1.54, 1.807) is 49.6 Å². The fraction of sp³-hybridized carbons (Fsp3) is 0.0800. The second-order valence-electron chi connectivity index (χ2n) is 7.62. The molecule has 1 aromatic heterocycles. The Balaban J connectivity index is 1.95. The lowest BCUT2D eigenvalue weighted by Gasteiger charge is -2.16.